The van der Waals surface area contributed by atoms with Gasteiger partial charge in [0, 0.05) is 67.0 Å². The molecule has 0 amide bonds. The summed E-state index contributed by atoms with van der Waals surface area (Å²) in [5.41, 5.74) is 38.1. The molecule has 5 heteroatoms. The van der Waals surface area contributed by atoms with E-state index >= 15 is 0 Å². The molecule has 640 valence electrons. The fourth-order valence-corrected chi connectivity index (χ4v) is 20.1. The highest BCUT2D eigenvalue weighted by atomic mass is 16.5. The maximum Gasteiger partial charge on any atom is 0.127 e. The van der Waals surface area contributed by atoms with Crippen LogP contribution in [0.4, 0.5) is 34.1 Å². The third-order valence-corrected chi connectivity index (χ3v) is 28.0. The minimum Gasteiger partial charge on any atom is -0.457 e. The summed E-state index contributed by atoms with van der Waals surface area (Å²) in [5, 5.41) is 5.01. The highest BCUT2D eigenvalue weighted by molar-refractivity contribution is 6.13. The molecular formula is C125H114N4O. The van der Waals surface area contributed by atoms with Crippen molar-refractivity contribution in [2.24, 2.45) is 0 Å². The molecule has 0 saturated carbocycles. The lowest BCUT2D eigenvalue weighted by atomic mass is 9.80. The van der Waals surface area contributed by atoms with Gasteiger partial charge in [0.25, 0.3) is 0 Å². The van der Waals surface area contributed by atoms with Gasteiger partial charge in [-0.3, -0.25) is 0 Å². The monoisotopic (exact) mass is 1690 g/mol. The first-order chi connectivity index (χ1) is 63.6. The smallest absolute Gasteiger partial charge is 0.127 e. The van der Waals surface area contributed by atoms with Crippen LogP contribution in [0.25, 0.3) is 99.5 Å². The fourth-order valence-electron chi connectivity index (χ4n) is 20.1. The lowest BCUT2D eigenvalue weighted by molar-refractivity contribution is 0.479. The van der Waals surface area contributed by atoms with Crippen molar-refractivity contribution in [3.63, 3.8) is 0 Å². The van der Waals surface area contributed by atoms with E-state index in [0.717, 1.165) is 64.9 Å². The van der Waals surface area contributed by atoms with E-state index in [9.17, 15) is 0 Å². The molecule has 19 aromatic rings. The molecule has 21 rings (SSSR count). The summed E-state index contributed by atoms with van der Waals surface area (Å²) in [7, 11) is 0. The van der Waals surface area contributed by atoms with Gasteiger partial charge in [0.1, 0.15) is 11.5 Å². The second kappa shape index (κ2) is 36.5. The number of ether oxygens (including phenoxy) is 1. The van der Waals surface area contributed by atoms with Crippen LogP contribution < -0.4 is 14.5 Å². The van der Waals surface area contributed by atoms with E-state index in [4.69, 9.17) is 4.74 Å². The molecule has 17 aromatic carbocycles. The van der Waals surface area contributed by atoms with Gasteiger partial charge in [-0.2, -0.15) is 0 Å². The van der Waals surface area contributed by atoms with Crippen LogP contribution in [0.5, 0.6) is 11.5 Å². The predicted octanol–water partition coefficient (Wildman–Crippen LogP) is 35.0. The number of fused-ring (bicyclic) bond motifs is 8. The second-order valence-electron chi connectivity index (χ2n) is 37.6. The molecule has 0 saturated heterocycles. The van der Waals surface area contributed by atoms with Gasteiger partial charge >= 0.3 is 0 Å². The molecule has 4 atom stereocenters. The molecule has 2 aliphatic carbocycles. The van der Waals surface area contributed by atoms with Gasteiger partial charge in [-0.25, -0.2) is 0 Å². The maximum absolute atomic E-state index is 6.25. The van der Waals surface area contributed by atoms with Gasteiger partial charge in [0.15, 0.2) is 0 Å². The Morgan fingerprint density at radius 2 is 0.569 bits per heavy atom. The van der Waals surface area contributed by atoms with Crippen LogP contribution in [0, 0.1) is 0 Å². The van der Waals surface area contributed by atoms with E-state index in [0.29, 0.717) is 29.6 Å². The van der Waals surface area contributed by atoms with Crippen molar-refractivity contribution in [1.82, 2.24) is 9.13 Å². The minimum absolute atomic E-state index is 0.0887. The van der Waals surface area contributed by atoms with Crippen molar-refractivity contribution < 1.29 is 4.74 Å². The first-order valence-electron chi connectivity index (χ1n) is 47.2. The van der Waals surface area contributed by atoms with Crippen LogP contribution in [-0.2, 0) is 31.1 Å². The summed E-state index contributed by atoms with van der Waals surface area (Å²) < 4.78 is 11.1. The zero-order valence-electron chi connectivity index (χ0n) is 76.3. The number of anilines is 6. The standard InChI is InChI=1S/C65H58N2O.C60H56N2/c1-5-46(49-26-35-60(36-27-49)68-61-37-28-51-20-21-53(51)41-61)40-45(4)48-16-18-50(19-17-48)54-29-38-64-62(42-54)63-43-55(30-39-65(63)67(64)59-31-22-47(23-32-59)44(2)3)52-24-33-58(34-25-52)66(56-12-8-6-9-13-56)57-14-10-7-11-15-57;1-6-42(47-23-21-44-22-24-48(44)38-47)37-41(2)43-17-19-45(20-18-43)49-27-35-58-56(39-49)57-40-50(28-36-59(57)62(58)55-33-29-51(30-34-55)60(3,4)5)46-25-31-54(32-26-46)61(52-13-9-7-10-14-52)53-15-11-8-12-16-53/h6-19,22-39,41-46H,5,20-21,40H2,1-4H3;7-21,23,25-36,38-42H,6,22,24,37H2,1-5H3. The molecule has 130 heavy (non-hydrogen) atoms. The maximum atomic E-state index is 6.25. The van der Waals surface area contributed by atoms with E-state index in [1.54, 1.807) is 11.1 Å². The molecule has 0 aliphatic heterocycles. The Labute approximate surface area is 768 Å². The number of nitrogens with zero attached hydrogens (tertiary/aromatic N) is 4. The van der Waals surface area contributed by atoms with E-state index in [1.807, 2.05) is 0 Å². The third kappa shape index (κ3) is 17.2. The first-order valence-corrected chi connectivity index (χ1v) is 47.2. The molecule has 0 N–H and O–H groups in total. The van der Waals surface area contributed by atoms with Crippen LogP contribution >= 0.6 is 0 Å². The van der Waals surface area contributed by atoms with E-state index in [-0.39, 0.29) is 5.41 Å². The minimum atomic E-state index is 0.0887. The molecular weight excluding hydrogens is 1570 g/mol. The van der Waals surface area contributed by atoms with Crippen LogP contribution in [0.2, 0.25) is 0 Å². The number of aryl methyl sites for hydroxylation is 4. The summed E-state index contributed by atoms with van der Waals surface area (Å²) in [6, 6.07) is 148. The van der Waals surface area contributed by atoms with Gasteiger partial charge < -0.3 is 23.7 Å². The van der Waals surface area contributed by atoms with E-state index in [2.05, 4.69) is 482 Å². The molecule has 2 heterocycles. The molecule has 4 unspecified atom stereocenters. The van der Waals surface area contributed by atoms with Gasteiger partial charge in [-0.05, 0) is 356 Å². The Bertz CT molecular complexity index is 7110. The van der Waals surface area contributed by atoms with Crippen LogP contribution in [0.3, 0.4) is 0 Å². The zero-order chi connectivity index (χ0) is 88.5. The number of aromatic nitrogens is 2. The van der Waals surface area contributed by atoms with Crippen molar-refractivity contribution in [1.29, 1.82) is 0 Å². The number of hydrogen-bond acceptors (Lipinski definition) is 3. The van der Waals surface area contributed by atoms with Crippen LogP contribution in [-0.4, -0.2) is 9.13 Å². The third-order valence-electron chi connectivity index (χ3n) is 28.0. The Kier molecular flexibility index (Phi) is 23.5. The quantitative estimate of drug-likeness (QED) is 0.0570. The normalized spacial score (nSPS) is 13.2. The van der Waals surface area contributed by atoms with Crippen molar-refractivity contribution >= 4 is 77.7 Å². The molecule has 0 spiro atoms. The van der Waals surface area contributed by atoms with Crippen molar-refractivity contribution in [2.75, 3.05) is 9.80 Å². The number of benzene rings is 17. The van der Waals surface area contributed by atoms with E-state index in [1.165, 1.54) is 176 Å². The Morgan fingerprint density at radius 3 is 0.908 bits per heavy atom. The average Bonchev–Trinajstić information content (AvgIpc) is 1.59. The summed E-state index contributed by atoms with van der Waals surface area (Å²) in [6.07, 6.45) is 9.36. The Hall–Kier alpha value is -14.3. The summed E-state index contributed by atoms with van der Waals surface area (Å²) in [5.74, 6) is 4.26. The highest BCUT2D eigenvalue weighted by Gasteiger charge is 2.26. The molecule has 0 radical (unpaired) electrons. The van der Waals surface area contributed by atoms with Crippen molar-refractivity contribution in [2.45, 2.75) is 149 Å². The van der Waals surface area contributed by atoms with Gasteiger partial charge in [0.2, 0.25) is 0 Å². The number of hydrogen-bond donors (Lipinski definition) is 0. The first kappa shape index (κ1) is 83.9. The fraction of sp³-hybridized carbons (Fsp3) is 0.184. The molecule has 0 bridgehead atoms. The van der Waals surface area contributed by atoms with E-state index < -0.39 is 0 Å². The summed E-state index contributed by atoms with van der Waals surface area (Å²) in [4.78, 5) is 4.63. The lowest BCUT2D eigenvalue weighted by Crippen LogP contribution is -2.11. The molecule has 5 nitrogen and oxygen atoms in total. The largest absolute Gasteiger partial charge is 0.457 e. The Morgan fingerprint density at radius 1 is 0.269 bits per heavy atom. The topological polar surface area (TPSA) is 25.6 Å². The predicted molar refractivity (Wildman–Crippen MR) is 552 cm³/mol. The highest BCUT2D eigenvalue weighted by Crippen LogP contribution is 2.46. The molecule has 0 fully saturated rings. The van der Waals surface area contributed by atoms with Crippen LogP contribution in [0.15, 0.2) is 400 Å². The van der Waals surface area contributed by atoms with Crippen molar-refractivity contribution in [3.8, 4) is 67.4 Å². The summed E-state index contributed by atoms with van der Waals surface area (Å²) >= 11 is 0. The lowest BCUT2D eigenvalue weighted by Gasteiger charge is -2.25. The number of rotatable bonds is 25. The van der Waals surface area contributed by atoms with Crippen LogP contribution in [0.1, 0.15) is 173 Å². The average molecular weight is 1690 g/mol. The number of para-hydroxylation sites is 4. The zero-order valence-corrected chi connectivity index (χ0v) is 76.3. The SMILES string of the molecule is CCC(CC(C)c1ccc(-c2ccc3c(c2)c2cc(-c4ccc(N(c5ccccc5)c5ccccc5)cc4)ccc2n3-c2ccc(C(C)(C)C)cc2)cc1)c1ccc2c(c1)CC2.CCC(CC(C)c1ccc(-c2ccc3c(c2)c2cc(-c4ccc(N(c5ccccc5)c5ccccc5)cc4)ccc2n3-c2ccc(C(C)C)cc2)cc1)c1ccc(Oc2ccc3c(c2)CC3)cc1. The van der Waals surface area contributed by atoms with Crippen molar-refractivity contribution in [3.05, 3.63) is 456 Å². The van der Waals surface area contributed by atoms with Gasteiger partial charge in [-0.1, -0.05) is 293 Å². The summed E-state index contributed by atoms with van der Waals surface area (Å²) in [6.45, 7) is 20.8. The Balaban J connectivity index is 0.000000163. The van der Waals surface area contributed by atoms with Gasteiger partial charge in [-0.15, -0.1) is 0 Å². The second-order valence-corrected chi connectivity index (χ2v) is 37.6. The molecule has 2 aliphatic rings. The molecule has 2 aromatic heterocycles. The van der Waals surface area contributed by atoms with Gasteiger partial charge in [0.05, 0.1) is 22.1 Å².